The molecule has 0 unspecified atom stereocenters. The summed E-state index contributed by atoms with van der Waals surface area (Å²) >= 11 is 0. The predicted octanol–water partition coefficient (Wildman–Crippen LogP) is 1.25. The molecule has 0 aliphatic carbocycles. The molecule has 1 aromatic rings. The Morgan fingerprint density at radius 2 is 1.86 bits per heavy atom. The van der Waals surface area contributed by atoms with Crippen LogP contribution in [0.1, 0.15) is 5.56 Å². The molecule has 0 aliphatic rings. The van der Waals surface area contributed by atoms with Crippen molar-refractivity contribution in [1.82, 2.24) is 0 Å². The third-order valence-corrected chi connectivity index (χ3v) is 4.80. The van der Waals surface area contributed by atoms with Gasteiger partial charge in [0.25, 0.3) is 9.05 Å². The number of rotatable bonds is 6. The lowest BCUT2D eigenvalue weighted by atomic mass is 10.2. The topological polar surface area (TPSA) is 121 Å². The first-order valence-electron chi connectivity index (χ1n) is 5.46. The lowest BCUT2D eigenvalue weighted by Crippen LogP contribution is -2.13. The molecule has 0 spiro atoms. The zero-order valence-corrected chi connectivity index (χ0v) is 13.5. The summed E-state index contributed by atoms with van der Waals surface area (Å²) in [4.78, 5) is 9.71. The van der Waals surface area contributed by atoms with E-state index in [9.17, 15) is 26.9 Å². The summed E-state index contributed by atoms with van der Waals surface area (Å²) in [5, 5.41) is 10.9. The first-order valence-corrected chi connectivity index (χ1v) is 9.83. The van der Waals surface area contributed by atoms with E-state index in [0.29, 0.717) is 0 Å². The van der Waals surface area contributed by atoms with Gasteiger partial charge in [0.1, 0.15) is 6.61 Å². The first-order chi connectivity index (χ1) is 9.42. The number of nitrogens with zero attached hydrogens (tertiary/aromatic N) is 1. The van der Waals surface area contributed by atoms with Crippen molar-refractivity contribution >= 4 is 35.3 Å². The Hall–Kier alpha value is -1.39. The maximum Gasteiger partial charge on any atom is 0.312 e. The number of nitro groups is 1. The Morgan fingerprint density at radius 1 is 1.29 bits per heavy atom. The highest BCUT2D eigenvalue weighted by atomic mass is 35.7. The van der Waals surface area contributed by atoms with Gasteiger partial charge >= 0.3 is 5.69 Å². The monoisotopic (exact) mass is 357 g/mol. The van der Waals surface area contributed by atoms with Crippen LogP contribution in [-0.4, -0.2) is 40.4 Å². The van der Waals surface area contributed by atoms with Crippen LogP contribution in [0.5, 0.6) is 5.75 Å². The van der Waals surface area contributed by atoms with E-state index >= 15 is 0 Å². The molecule has 21 heavy (non-hydrogen) atoms. The normalized spacial score (nSPS) is 12.1. The summed E-state index contributed by atoms with van der Waals surface area (Å²) < 4.78 is 49.6. The van der Waals surface area contributed by atoms with Gasteiger partial charge < -0.3 is 4.74 Å². The number of benzene rings is 1. The second kappa shape index (κ2) is 6.16. The molecule has 0 saturated heterocycles. The van der Waals surface area contributed by atoms with Crippen LogP contribution in [0.15, 0.2) is 17.0 Å². The fourth-order valence-corrected chi connectivity index (χ4v) is 3.06. The number of hydrogen-bond donors (Lipinski definition) is 0. The van der Waals surface area contributed by atoms with Crippen molar-refractivity contribution < 1.29 is 26.5 Å². The van der Waals surface area contributed by atoms with Gasteiger partial charge in [0, 0.05) is 23.0 Å². The summed E-state index contributed by atoms with van der Waals surface area (Å²) in [5.74, 6) is -0.538. The zero-order chi connectivity index (χ0) is 16.4. The molecule has 0 fully saturated rings. The Morgan fingerprint density at radius 3 is 2.29 bits per heavy atom. The molecule has 0 aromatic heterocycles. The van der Waals surface area contributed by atoms with Crippen LogP contribution in [0.25, 0.3) is 0 Å². The third kappa shape index (κ3) is 5.14. The average Bonchev–Trinajstić information content (AvgIpc) is 2.24. The quantitative estimate of drug-likeness (QED) is 0.426. The highest BCUT2D eigenvalue weighted by Gasteiger charge is 2.24. The van der Waals surface area contributed by atoms with Gasteiger partial charge in [0.15, 0.2) is 15.6 Å². The van der Waals surface area contributed by atoms with Gasteiger partial charge in [0.2, 0.25) is 0 Å². The van der Waals surface area contributed by atoms with Crippen molar-refractivity contribution in [2.24, 2.45) is 0 Å². The third-order valence-electron chi connectivity index (χ3n) is 2.43. The lowest BCUT2D eigenvalue weighted by Gasteiger charge is -2.09. The fourth-order valence-electron chi connectivity index (χ4n) is 1.47. The zero-order valence-electron chi connectivity index (χ0n) is 11.1. The minimum Gasteiger partial charge on any atom is -0.486 e. The Kier molecular flexibility index (Phi) is 5.18. The second-order valence-electron chi connectivity index (χ2n) is 4.26. The number of ether oxygens (including phenoxy) is 1. The molecule has 1 rings (SSSR count). The van der Waals surface area contributed by atoms with Gasteiger partial charge in [-0.25, -0.2) is 16.8 Å². The first kappa shape index (κ1) is 17.7. The highest BCUT2D eigenvalue weighted by molar-refractivity contribution is 8.13. The number of hydrogen-bond acceptors (Lipinski definition) is 7. The smallest absolute Gasteiger partial charge is 0.312 e. The van der Waals surface area contributed by atoms with E-state index in [1.807, 2.05) is 0 Å². The SMILES string of the molecule is Cc1cc(OCCS(C)(=O)=O)c([N+](=O)[O-])cc1S(=O)(=O)Cl. The highest BCUT2D eigenvalue weighted by Crippen LogP contribution is 2.33. The summed E-state index contributed by atoms with van der Waals surface area (Å²) in [5.41, 5.74) is -0.446. The minimum atomic E-state index is -4.13. The van der Waals surface area contributed by atoms with E-state index in [2.05, 4.69) is 0 Å². The molecule has 0 bridgehead atoms. The second-order valence-corrected chi connectivity index (χ2v) is 9.05. The summed E-state index contributed by atoms with van der Waals surface area (Å²) in [6.07, 6.45) is 0.999. The molecule has 0 N–H and O–H groups in total. The van der Waals surface area contributed by atoms with Crippen molar-refractivity contribution in [2.75, 3.05) is 18.6 Å². The molecule has 11 heteroatoms. The van der Waals surface area contributed by atoms with Crippen molar-refractivity contribution in [3.05, 3.63) is 27.8 Å². The van der Waals surface area contributed by atoms with Crippen molar-refractivity contribution in [3.8, 4) is 5.75 Å². The lowest BCUT2D eigenvalue weighted by molar-refractivity contribution is -0.386. The molecule has 0 amide bonds. The summed E-state index contributed by atoms with van der Waals surface area (Å²) in [6.45, 7) is 1.11. The molecule has 0 saturated carbocycles. The van der Waals surface area contributed by atoms with Gasteiger partial charge in [-0.15, -0.1) is 0 Å². The van der Waals surface area contributed by atoms with Gasteiger partial charge in [-0.1, -0.05) is 0 Å². The largest absolute Gasteiger partial charge is 0.486 e. The van der Waals surface area contributed by atoms with E-state index < -0.39 is 34.4 Å². The van der Waals surface area contributed by atoms with E-state index in [-0.39, 0.29) is 23.7 Å². The van der Waals surface area contributed by atoms with Crippen LogP contribution in [0.4, 0.5) is 5.69 Å². The van der Waals surface area contributed by atoms with Crippen LogP contribution < -0.4 is 4.74 Å². The molecule has 1 aromatic carbocycles. The number of sulfone groups is 1. The van der Waals surface area contributed by atoms with E-state index in [4.69, 9.17) is 15.4 Å². The number of nitro benzene ring substituents is 1. The van der Waals surface area contributed by atoms with Crippen LogP contribution >= 0.6 is 10.7 Å². The summed E-state index contributed by atoms with van der Waals surface area (Å²) in [6, 6.07) is 1.92. The summed E-state index contributed by atoms with van der Waals surface area (Å²) in [7, 11) is -2.23. The molecule has 0 atom stereocenters. The number of halogens is 1. The Labute approximate surface area is 126 Å². The maximum absolute atomic E-state index is 11.3. The average molecular weight is 358 g/mol. The van der Waals surface area contributed by atoms with Crippen LogP contribution in [-0.2, 0) is 18.9 Å². The van der Waals surface area contributed by atoms with Gasteiger partial charge in [0.05, 0.1) is 15.6 Å². The van der Waals surface area contributed by atoms with Crippen LogP contribution in [0.2, 0.25) is 0 Å². The van der Waals surface area contributed by atoms with Gasteiger partial charge in [-0.3, -0.25) is 10.1 Å². The van der Waals surface area contributed by atoms with Crippen LogP contribution in [0.3, 0.4) is 0 Å². The van der Waals surface area contributed by atoms with Crippen molar-refractivity contribution in [1.29, 1.82) is 0 Å². The molecule has 0 aliphatic heterocycles. The van der Waals surface area contributed by atoms with Crippen LogP contribution in [0, 0.1) is 17.0 Å². The predicted molar refractivity (Wildman–Crippen MR) is 76.1 cm³/mol. The Balaban J connectivity index is 3.21. The maximum atomic E-state index is 11.3. The van der Waals surface area contributed by atoms with E-state index in [1.165, 1.54) is 6.92 Å². The molecule has 8 nitrogen and oxygen atoms in total. The van der Waals surface area contributed by atoms with E-state index in [0.717, 1.165) is 18.4 Å². The van der Waals surface area contributed by atoms with Gasteiger partial charge in [-0.05, 0) is 18.6 Å². The van der Waals surface area contributed by atoms with Crippen molar-refractivity contribution in [2.45, 2.75) is 11.8 Å². The van der Waals surface area contributed by atoms with Crippen molar-refractivity contribution in [3.63, 3.8) is 0 Å². The fraction of sp³-hybridized carbons (Fsp3) is 0.400. The molecular weight excluding hydrogens is 346 g/mol. The number of aryl methyl sites for hydroxylation is 1. The molecule has 0 radical (unpaired) electrons. The standard InChI is InChI=1S/C10H12ClNO7S2/c1-7-5-9(19-3-4-20(2,15)16)8(12(13)14)6-10(7)21(11,17)18/h5-6H,3-4H2,1-2H3. The Bertz CT molecular complexity index is 771. The molecule has 118 valence electrons. The molecular formula is C10H12ClNO7S2. The minimum absolute atomic E-state index is 0.157. The van der Waals surface area contributed by atoms with Gasteiger partial charge in [-0.2, -0.15) is 0 Å². The molecule has 0 heterocycles. The van der Waals surface area contributed by atoms with E-state index in [1.54, 1.807) is 0 Å².